The third-order valence-electron chi connectivity index (χ3n) is 2.90. The molecule has 1 rings (SSSR count). The van der Waals surface area contributed by atoms with Gasteiger partial charge in [0.05, 0.1) is 6.61 Å². The summed E-state index contributed by atoms with van der Waals surface area (Å²) in [5.41, 5.74) is 3.04. The Morgan fingerprint density at radius 1 is 1.07 bits per heavy atom. The number of phosphoric acid groups is 1. The van der Waals surface area contributed by atoms with E-state index in [0.717, 1.165) is 0 Å². The third-order valence-corrected chi connectivity index (χ3v) is 6.05. The van der Waals surface area contributed by atoms with Gasteiger partial charge in [0.2, 0.25) is 0 Å². The Kier molecular flexibility index (Phi) is 8.91. The second-order valence-corrected chi connectivity index (χ2v) is 14.8. The van der Waals surface area contributed by atoms with Crippen LogP contribution < -0.4 is 4.74 Å². The molecular weight excluding hydrogens is 454 g/mol. The van der Waals surface area contributed by atoms with Gasteiger partial charge in [-0.2, -0.15) is 0 Å². The van der Waals surface area contributed by atoms with Crippen LogP contribution in [0.4, 0.5) is 0 Å². The first-order valence-corrected chi connectivity index (χ1v) is 15.0. The van der Waals surface area contributed by atoms with E-state index in [1.165, 1.54) is 11.4 Å². The fourth-order valence-corrected chi connectivity index (χ4v) is 4.35. The Balaban J connectivity index is 2.53. The van der Waals surface area contributed by atoms with E-state index in [0.29, 0.717) is 0 Å². The van der Waals surface area contributed by atoms with Gasteiger partial charge < -0.3 is 10.2 Å². The summed E-state index contributed by atoms with van der Waals surface area (Å²) in [4.78, 5) is 9.34. The molecule has 0 aliphatic carbocycles. The number of ether oxygens (including phenoxy) is 1. The monoisotopic (exact) mass is 478 g/mol. The number of aliphatic hydroxyl groups is 3. The van der Waals surface area contributed by atoms with Gasteiger partial charge in [0.15, 0.2) is 0 Å². The summed E-state index contributed by atoms with van der Waals surface area (Å²) in [6, 6.07) is 0. The standard InChI is InChI=1S/C13H24AsO12P/c1-14(2,20)3-10-11(18)12(19)13(26-10)23-5-9(17)7-25-27(21,22)24-6-8(16)4-15/h8-9,15-19H,3-7H2,1-2H3,(H,21,22). The summed E-state index contributed by atoms with van der Waals surface area (Å²) in [6.07, 6.45) is -2.81. The zero-order valence-corrected chi connectivity index (χ0v) is 17.5. The van der Waals surface area contributed by atoms with Gasteiger partial charge in [0, 0.05) is 0 Å². The number of aromatic hydroxyl groups is 2. The van der Waals surface area contributed by atoms with Crippen molar-refractivity contribution in [2.75, 3.05) is 26.4 Å². The van der Waals surface area contributed by atoms with E-state index in [1.807, 2.05) is 0 Å². The van der Waals surface area contributed by atoms with Gasteiger partial charge in [-0.05, 0) is 0 Å². The van der Waals surface area contributed by atoms with E-state index in [1.54, 1.807) is 0 Å². The van der Waals surface area contributed by atoms with Crippen molar-refractivity contribution >= 4 is 21.3 Å². The van der Waals surface area contributed by atoms with Crippen LogP contribution >= 0.6 is 7.82 Å². The summed E-state index contributed by atoms with van der Waals surface area (Å²) in [5, 5.41) is 46.7. The number of furan rings is 1. The van der Waals surface area contributed by atoms with Gasteiger partial charge in [-0.25, -0.2) is 0 Å². The molecule has 0 fully saturated rings. The van der Waals surface area contributed by atoms with E-state index in [9.17, 15) is 28.5 Å². The molecule has 0 aromatic carbocycles. The third kappa shape index (κ3) is 8.71. The molecule has 0 radical (unpaired) electrons. The fourth-order valence-electron chi connectivity index (χ4n) is 1.66. The van der Waals surface area contributed by atoms with Crippen molar-refractivity contribution in [1.29, 1.82) is 0 Å². The summed E-state index contributed by atoms with van der Waals surface area (Å²) < 4.78 is 42.3. The average Bonchev–Trinajstić information content (AvgIpc) is 2.82. The van der Waals surface area contributed by atoms with Gasteiger partial charge in [-0.1, -0.05) is 0 Å². The molecule has 1 heterocycles. The Labute approximate surface area is 157 Å². The minimum absolute atomic E-state index is 0.0581. The molecule has 0 amide bonds. The molecule has 3 atom stereocenters. The van der Waals surface area contributed by atoms with Gasteiger partial charge in [-0.15, -0.1) is 0 Å². The second kappa shape index (κ2) is 9.99. The van der Waals surface area contributed by atoms with E-state index in [-0.39, 0.29) is 11.0 Å². The molecule has 0 saturated heterocycles. The van der Waals surface area contributed by atoms with Gasteiger partial charge in [-0.3, -0.25) is 0 Å². The van der Waals surface area contributed by atoms with Crippen molar-refractivity contribution in [3.05, 3.63) is 5.76 Å². The molecular formula is C13H24AsO12P. The first-order chi connectivity index (χ1) is 12.3. The summed E-state index contributed by atoms with van der Waals surface area (Å²) in [7, 11) is -4.57. The molecule has 27 heavy (non-hydrogen) atoms. The zero-order valence-electron chi connectivity index (χ0n) is 14.7. The molecule has 6 N–H and O–H groups in total. The molecule has 0 spiro atoms. The fraction of sp³-hybridized carbons (Fsp3) is 0.692. The zero-order chi connectivity index (χ0) is 20.8. The Morgan fingerprint density at radius 3 is 2.15 bits per heavy atom. The number of hydrogen-bond donors (Lipinski definition) is 6. The van der Waals surface area contributed by atoms with Crippen molar-refractivity contribution < 1.29 is 56.9 Å². The van der Waals surface area contributed by atoms with Crippen molar-refractivity contribution in [2.24, 2.45) is 0 Å². The SMILES string of the molecule is C[As](C)(=O)Cc1oc(OCC(O)COP(=O)(O)OCC(O)CO)c(O)c1O. The topological polar surface area (TPSA) is 196 Å². The van der Waals surface area contributed by atoms with E-state index in [2.05, 4.69) is 9.05 Å². The van der Waals surface area contributed by atoms with Crippen LogP contribution in [0.1, 0.15) is 5.76 Å². The molecule has 14 heteroatoms. The molecule has 158 valence electrons. The molecule has 0 saturated carbocycles. The van der Waals surface area contributed by atoms with Crippen LogP contribution in [0.25, 0.3) is 0 Å². The number of phosphoric ester groups is 1. The Hall–Kier alpha value is -0.972. The van der Waals surface area contributed by atoms with Crippen molar-refractivity contribution in [3.63, 3.8) is 0 Å². The minimum atomic E-state index is -4.57. The van der Waals surface area contributed by atoms with Crippen LogP contribution in [0.5, 0.6) is 17.4 Å². The first kappa shape index (κ1) is 24.1. The van der Waals surface area contributed by atoms with E-state index < -0.39 is 77.4 Å². The van der Waals surface area contributed by atoms with E-state index in [4.69, 9.17) is 19.4 Å². The molecule has 12 nitrogen and oxygen atoms in total. The Morgan fingerprint density at radius 2 is 1.63 bits per heavy atom. The van der Waals surface area contributed by atoms with Crippen LogP contribution in [-0.4, -0.2) is 82.6 Å². The predicted molar refractivity (Wildman–Crippen MR) is 90.2 cm³/mol. The normalized spacial score (nSPS) is 16.7. The van der Waals surface area contributed by atoms with Gasteiger partial charge in [0.25, 0.3) is 0 Å². The number of rotatable bonds is 12. The second-order valence-electron chi connectivity index (χ2n) is 6.10. The van der Waals surface area contributed by atoms with E-state index >= 15 is 0 Å². The van der Waals surface area contributed by atoms with Crippen molar-refractivity contribution in [3.8, 4) is 17.4 Å². The van der Waals surface area contributed by atoms with Crippen LogP contribution in [-0.2, 0) is 22.6 Å². The summed E-state index contributed by atoms with van der Waals surface area (Å²) in [5.74, 6) is -1.97. The van der Waals surface area contributed by atoms with Crippen LogP contribution in [0.15, 0.2) is 4.42 Å². The molecule has 0 bridgehead atoms. The van der Waals surface area contributed by atoms with Gasteiger partial charge >= 0.3 is 134 Å². The van der Waals surface area contributed by atoms with Gasteiger partial charge in [0.1, 0.15) is 6.10 Å². The Bertz CT molecular complexity index is 698. The molecule has 0 aliphatic heterocycles. The van der Waals surface area contributed by atoms with Crippen LogP contribution in [0, 0.1) is 0 Å². The maximum atomic E-state index is 11.8. The predicted octanol–water partition coefficient (Wildman–Crippen LogP) is -0.365. The maximum absolute atomic E-state index is 11.8. The first-order valence-electron chi connectivity index (χ1n) is 7.64. The summed E-state index contributed by atoms with van der Waals surface area (Å²) >= 11 is -3.22. The van der Waals surface area contributed by atoms with Crippen molar-refractivity contribution in [1.82, 2.24) is 0 Å². The summed E-state index contributed by atoms with van der Waals surface area (Å²) in [6.45, 7) is -2.57. The molecule has 0 aliphatic rings. The number of hydrogen-bond acceptors (Lipinski definition) is 11. The quantitative estimate of drug-likeness (QED) is 0.169. The average molecular weight is 478 g/mol. The molecule has 1 aromatic heterocycles. The van der Waals surface area contributed by atoms with Crippen LogP contribution in [0.3, 0.4) is 0 Å². The van der Waals surface area contributed by atoms with Crippen LogP contribution in [0.2, 0.25) is 11.4 Å². The van der Waals surface area contributed by atoms with Crippen molar-refractivity contribution in [2.45, 2.75) is 28.8 Å². The molecule has 1 aromatic rings. The number of aliphatic hydroxyl groups excluding tert-OH is 3. The molecule has 3 unspecified atom stereocenters.